The Balaban J connectivity index is 1.62. The zero-order chi connectivity index (χ0) is 15.3. The molecule has 1 aromatic carbocycles. The van der Waals surface area contributed by atoms with E-state index in [1.165, 1.54) is 5.56 Å². The minimum absolute atomic E-state index is 0.0342. The van der Waals surface area contributed by atoms with Crippen molar-refractivity contribution in [2.45, 2.75) is 19.8 Å². The summed E-state index contributed by atoms with van der Waals surface area (Å²) in [5, 5.41) is 2.76. The molecule has 1 amide bonds. The van der Waals surface area contributed by atoms with Crippen LogP contribution in [0.4, 0.5) is 0 Å². The minimum atomic E-state index is -2.91. The number of ether oxygens (including phenoxy) is 1. The van der Waals surface area contributed by atoms with Crippen molar-refractivity contribution in [2.75, 3.05) is 24.7 Å². The van der Waals surface area contributed by atoms with Crippen LogP contribution in [0.3, 0.4) is 0 Å². The molecular formula is C15H21NO4S. The standard InChI is InChI=1S/C15H21NO4S/c1-12-2-4-14(5-3-12)20-8-7-16-15(17)10-13-6-9-21(18,19)11-13/h2-5,13H,6-11H2,1H3,(H,16,17)/t13-/m0/s1. The Labute approximate surface area is 125 Å². The molecule has 116 valence electrons. The first kappa shape index (κ1) is 15.8. The molecule has 21 heavy (non-hydrogen) atoms. The van der Waals surface area contributed by atoms with E-state index in [0.29, 0.717) is 19.6 Å². The van der Waals surface area contributed by atoms with Gasteiger partial charge in [0.25, 0.3) is 0 Å². The van der Waals surface area contributed by atoms with Gasteiger partial charge >= 0.3 is 0 Å². The number of benzene rings is 1. The van der Waals surface area contributed by atoms with Crippen LogP contribution in [0.25, 0.3) is 0 Å². The lowest BCUT2D eigenvalue weighted by molar-refractivity contribution is -0.121. The molecule has 0 spiro atoms. The van der Waals surface area contributed by atoms with Gasteiger partial charge < -0.3 is 10.1 Å². The maximum absolute atomic E-state index is 11.7. The van der Waals surface area contributed by atoms with Gasteiger partial charge in [0.1, 0.15) is 12.4 Å². The molecule has 0 aromatic heterocycles. The number of aryl methyl sites for hydroxylation is 1. The summed E-state index contributed by atoms with van der Waals surface area (Å²) in [4.78, 5) is 11.7. The van der Waals surface area contributed by atoms with Crippen LogP contribution >= 0.6 is 0 Å². The third-order valence-corrected chi connectivity index (χ3v) is 5.35. The minimum Gasteiger partial charge on any atom is -0.492 e. The number of hydrogen-bond donors (Lipinski definition) is 1. The van der Waals surface area contributed by atoms with E-state index in [9.17, 15) is 13.2 Å². The van der Waals surface area contributed by atoms with Gasteiger partial charge in [-0.05, 0) is 31.4 Å². The summed E-state index contributed by atoms with van der Waals surface area (Å²) in [5.74, 6) is 0.983. The average molecular weight is 311 g/mol. The van der Waals surface area contributed by atoms with Crippen LogP contribution in [-0.4, -0.2) is 39.0 Å². The van der Waals surface area contributed by atoms with Crippen molar-refractivity contribution < 1.29 is 17.9 Å². The highest BCUT2D eigenvalue weighted by Gasteiger charge is 2.29. The summed E-state index contributed by atoms with van der Waals surface area (Å²) in [7, 11) is -2.91. The SMILES string of the molecule is Cc1ccc(OCCNC(=O)C[C@@H]2CCS(=O)(=O)C2)cc1. The summed E-state index contributed by atoms with van der Waals surface area (Å²) in [5.41, 5.74) is 1.17. The molecular weight excluding hydrogens is 290 g/mol. The largest absolute Gasteiger partial charge is 0.492 e. The normalized spacial score (nSPS) is 20.1. The number of carbonyl (C=O) groups excluding carboxylic acids is 1. The number of hydrogen-bond acceptors (Lipinski definition) is 4. The van der Waals surface area contributed by atoms with Crippen LogP contribution in [0.2, 0.25) is 0 Å². The summed E-state index contributed by atoms with van der Waals surface area (Å²) in [6, 6.07) is 7.71. The van der Waals surface area contributed by atoms with Gasteiger partial charge in [0, 0.05) is 6.42 Å². The Morgan fingerprint density at radius 3 is 2.67 bits per heavy atom. The van der Waals surface area contributed by atoms with E-state index in [4.69, 9.17) is 4.74 Å². The van der Waals surface area contributed by atoms with Crippen LogP contribution < -0.4 is 10.1 Å². The van der Waals surface area contributed by atoms with E-state index in [2.05, 4.69) is 5.32 Å². The molecule has 1 aromatic rings. The lowest BCUT2D eigenvalue weighted by Gasteiger charge is -2.10. The molecule has 0 aliphatic carbocycles. The summed E-state index contributed by atoms with van der Waals surface area (Å²) >= 11 is 0. The Morgan fingerprint density at radius 2 is 2.05 bits per heavy atom. The molecule has 1 aliphatic rings. The van der Waals surface area contributed by atoms with Crippen LogP contribution in [0.1, 0.15) is 18.4 Å². The van der Waals surface area contributed by atoms with Gasteiger partial charge in [-0.25, -0.2) is 8.42 Å². The second kappa shape index (κ2) is 6.93. The van der Waals surface area contributed by atoms with E-state index < -0.39 is 9.84 Å². The van der Waals surface area contributed by atoms with Crippen molar-refractivity contribution in [3.8, 4) is 5.75 Å². The van der Waals surface area contributed by atoms with Crippen molar-refractivity contribution in [1.29, 1.82) is 0 Å². The molecule has 2 rings (SSSR count). The predicted molar refractivity (Wildman–Crippen MR) is 81.1 cm³/mol. The number of sulfone groups is 1. The van der Waals surface area contributed by atoms with Gasteiger partial charge in [0.2, 0.25) is 5.91 Å². The summed E-state index contributed by atoms with van der Waals surface area (Å²) in [6.07, 6.45) is 0.874. The highest BCUT2D eigenvalue weighted by Crippen LogP contribution is 2.21. The van der Waals surface area contributed by atoms with Crippen LogP contribution in [-0.2, 0) is 14.6 Å². The smallest absolute Gasteiger partial charge is 0.220 e. The molecule has 1 atom stereocenters. The third kappa shape index (κ3) is 5.38. The van der Waals surface area contributed by atoms with Gasteiger partial charge in [-0.15, -0.1) is 0 Å². The van der Waals surface area contributed by atoms with Crippen molar-refractivity contribution >= 4 is 15.7 Å². The van der Waals surface area contributed by atoms with E-state index in [-0.39, 0.29) is 29.8 Å². The molecule has 1 heterocycles. The van der Waals surface area contributed by atoms with Crippen molar-refractivity contribution in [3.63, 3.8) is 0 Å². The Bertz CT molecular complexity index is 580. The quantitative estimate of drug-likeness (QED) is 0.804. The first-order valence-electron chi connectivity index (χ1n) is 7.11. The molecule has 1 aliphatic heterocycles. The van der Waals surface area contributed by atoms with Crippen LogP contribution in [0.15, 0.2) is 24.3 Å². The zero-order valence-corrected chi connectivity index (χ0v) is 13.0. The summed E-state index contributed by atoms with van der Waals surface area (Å²) in [6.45, 7) is 2.83. The number of amides is 1. The lowest BCUT2D eigenvalue weighted by atomic mass is 10.1. The highest BCUT2D eigenvalue weighted by atomic mass is 32.2. The molecule has 0 unspecified atom stereocenters. The first-order valence-corrected chi connectivity index (χ1v) is 8.93. The second-order valence-corrected chi connectivity index (χ2v) is 7.71. The maximum Gasteiger partial charge on any atom is 0.220 e. The van der Waals surface area contributed by atoms with E-state index >= 15 is 0 Å². The zero-order valence-electron chi connectivity index (χ0n) is 12.2. The van der Waals surface area contributed by atoms with Crippen molar-refractivity contribution in [2.24, 2.45) is 5.92 Å². The van der Waals surface area contributed by atoms with Crippen LogP contribution in [0.5, 0.6) is 5.75 Å². The van der Waals surface area contributed by atoms with Crippen molar-refractivity contribution in [3.05, 3.63) is 29.8 Å². The molecule has 0 saturated carbocycles. The van der Waals surface area contributed by atoms with Gasteiger partial charge in [-0.1, -0.05) is 17.7 Å². The molecule has 0 bridgehead atoms. The fourth-order valence-electron chi connectivity index (χ4n) is 2.36. The molecule has 1 saturated heterocycles. The van der Waals surface area contributed by atoms with Crippen molar-refractivity contribution in [1.82, 2.24) is 5.32 Å². The van der Waals surface area contributed by atoms with Crippen LogP contribution in [0, 0.1) is 12.8 Å². The molecule has 6 heteroatoms. The maximum atomic E-state index is 11.7. The Morgan fingerprint density at radius 1 is 1.33 bits per heavy atom. The summed E-state index contributed by atoms with van der Waals surface area (Å²) < 4.78 is 28.1. The van der Waals surface area contributed by atoms with E-state index in [1.54, 1.807) is 0 Å². The number of nitrogens with one attached hydrogen (secondary N) is 1. The first-order chi connectivity index (χ1) is 9.94. The Hall–Kier alpha value is -1.56. The molecule has 1 fully saturated rings. The molecule has 5 nitrogen and oxygen atoms in total. The van der Waals surface area contributed by atoms with Gasteiger partial charge in [-0.2, -0.15) is 0 Å². The highest BCUT2D eigenvalue weighted by molar-refractivity contribution is 7.91. The Kier molecular flexibility index (Phi) is 5.22. The predicted octanol–water partition coefficient (Wildman–Crippen LogP) is 1.31. The molecule has 0 radical (unpaired) electrons. The van der Waals surface area contributed by atoms with Gasteiger partial charge in [0.05, 0.1) is 18.1 Å². The average Bonchev–Trinajstić information content (AvgIpc) is 2.76. The second-order valence-electron chi connectivity index (χ2n) is 5.48. The van der Waals surface area contributed by atoms with E-state index in [1.807, 2.05) is 31.2 Å². The third-order valence-electron chi connectivity index (χ3n) is 3.51. The fraction of sp³-hybridized carbons (Fsp3) is 0.533. The van der Waals surface area contributed by atoms with Gasteiger partial charge in [-0.3, -0.25) is 4.79 Å². The lowest BCUT2D eigenvalue weighted by Crippen LogP contribution is -2.29. The topological polar surface area (TPSA) is 72.5 Å². The number of carbonyl (C=O) groups is 1. The monoisotopic (exact) mass is 311 g/mol. The fourth-order valence-corrected chi connectivity index (χ4v) is 4.22. The number of rotatable bonds is 6. The molecule has 1 N–H and O–H groups in total. The van der Waals surface area contributed by atoms with E-state index in [0.717, 1.165) is 5.75 Å². The van der Waals surface area contributed by atoms with Gasteiger partial charge in [0.15, 0.2) is 9.84 Å².